The van der Waals surface area contributed by atoms with Gasteiger partial charge in [-0.05, 0) is 108 Å². The van der Waals surface area contributed by atoms with Crippen LogP contribution in [0.3, 0.4) is 0 Å². The van der Waals surface area contributed by atoms with E-state index in [0.29, 0.717) is 59.0 Å². The highest BCUT2D eigenvalue weighted by Gasteiger charge is 2.48. The van der Waals surface area contributed by atoms with Gasteiger partial charge < -0.3 is 28.7 Å². The van der Waals surface area contributed by atoms with Gasteiger partial charge in [-0.2, -0.15) is 9.97 Å². The second-order valence-corrected chi connectivity index (χ2v) is 16.7. The molecular formula is C43H49F2N5O5. The average Bonchev–Trinajstić information content (AvgIpc) is 3.71. The summed E-state index contributed by atoms with van der Waals surface area (Å²) in [6, 6.07) is 10.1. The van der Waals surface area contributed by atoms with Gasteiger partial charge in [0.1, 0.15) is 28.5 Å². The van der Waals surface area contributed by atoms with E-state index in [1.807, 2.05) is 25.7 Å². The minimum Gasteiger partial charge on any atom is -0.468 e. The summed E-state index contributed by atoms with van der Waals surface area (Å²) in [7, 11) is 3.70. The molecular weight excluding hydrogens is 704 g/mol. The van der Waals surface area contributed by atoms with Gasteiger partial charge in [-0.1, -0.05) is 24.5 Å². The molecule has 1 amide bonds. The minimum absolute atomic E-state index is 0.0265. The molecule has 2 bridgehead atoms. The van der Waals surface area contributed by atoms with Crippen molar-refractivity contribution >= 4 is 33.6 Å². The van der Waals surface area contributed by atoms with Crippen molar-refractivity contribution in [1.29, 1.82) is 0 Å². The van der Waals surface area contributed by atoms with E-state index in [4.69, 9.17) is 35.3 Å². The Labute approximate surface area is 321 Å². The predicted octanol–water partition coefficient (Wildman–Crippen LogP) is 7.92. The molecule has 4 aliphatic rings. The lowest BCUT2D eigenvalue weighted by Gasteiger charge is -2.44. The zero-order valence-electron chi connectivity index (χ0n) is 32.3. The summed E-state index contributed by atoms with van der Waals surface area (Å²) in [5, 5.41) is 1.48. The zero-order valence-corrected chi connectivity index (χ0v) is 32.3. The van der Waals surface area contributed by atoms with Gasteiger partial charge in [0, 0.05) is 48.0 Å². The number of amides is 1. The normalized spacial score (nSPS) is 23.9. The molecule has 0 N–H and O–H groups in total. The molecule has 0 spiro atoms. The Balaban J connectivity index is 1.24. The molecule has 1 saturated carbocycles. The van der Waals surface area contributed by atoms with E-state index in [9.17, 15) is 4.79 Å². The maximum absolute atomic E-state index is 17.4. The SMILES string of the molecule is C#Cc1c(F)ccc2cc(OCOC)cc(-c3ccc4c(N5CC6CCC(C5)N6C(=O)OC(C)(C)C)nc(OC[C@]56CCC[C@H]5N(C)CCC6)nc4c3F)c12. The first kappa shape index (κ1) is 37.2. The Kier molecular flexibility index (Phi) is 9.75. The number of ether oxygens (including phenoxy) is 4. The Hall–Kier alpha value is -4.73. The molecule has 55 heavy (non-hydrogen) atoms. The second-order valence-electron chi connectivity index (χ2n) is 16.7. The monoisotopic (exact) mass is 753 g/mol. The number of terminal acetylenes is 1. The Morgan fingerprint density at radius 1 is 1.00 bits per heavy atom. The fraction of sp³-hybridized carbons (Fsp3) is 0.512. The number of methoxy groups -OCH3 is 1. The molecule has 1 aromatic heterocycles. The van der Waals surface area contributed by atoms with Crippen LogP contribution in [0.5, 0.6) is 11.8 Å². The summed E-state index contributed by atoms with van der Waals surface area (Å²) in [5.41, 5.74) is 0.00311. The molecule has 0 radical (unpaired) electrons. The predicted molar refractivity (Wildman–Crippen MR) is 207 cm³/mol. The maximum Gasteiger partial charge on any atom is 0.410 e. The van der Waals surface area contributed by atoms with E-state index in [0.717, 1.165) is 51.5 Å². The van der Waals surface area contributed by atoms with Crippen molar-refractivity contribution in [2.24, 2.45) is 5.41 Å². The molecule has 4 atom stereocenters. The van der Waals surface area contributed by atoms with Crippen molar-refractivity contribution in [3.8, 4) is 35.2 Å². The molecule has 3 aromatic carbocycles. The molecule has 4 fully saturated rings. The van der Waals surface area contributed by atoms with Crippen molar-refractivity contribution in [2.75, 3.05) is 52.1 Å². The van der Waals surface area contributed by atoms with Crippen LogP contribution in [0.2, 0.25) is 0 Å². The van der Waals surface area contributed by atoms with Crippen LogP contribution in [-0.4, -0.2) is 96.8 Å². The number of carbonyl (C=O) groups excluding carboxylic acids is 1. The van der Waals surface area contributed by atoms with Gasteiger partial charge in [-0.15, -0.1) is 6.42 Å². The number of benzene rings is 3. The Morgan fingerprint density at radius 2 is 1.76 bits per heavy atom. The van der Waals surface area contributed by atoms with Crippen LogP contribution in [0.1, 0.15) is 71.3 Å². The number of carbonyl (C=O) groups is 1. The van der Waals surface area contributed by atoms with E-state index in [1.165, 1.54) is 13.2 Å². The van der Waals surface area contributed by atoms with Gasteiger partial charge in [-0.25, -0.2) is 13.6 Å². The highest BCUT2D eigenvalue weighted by Crippen LogP contribution is 2.48. The lowest BCUT2D eigenvalue weighted by Crippen LogP contribution is -2.57. The molecule has 10 nitrogen and oxygen atoms in total. The fourth-order valence-corrected chi connectivity index (χ4v) is 9.69. The summed E-state index contributed by atoms with van der Waals surface area (Å²) in [6.07, 6.45) is 12.6. The van der Waals surface area contributed by atoms with Crippen molar-refractivity contribution in [1.82, 2.24) is 19.8 Å². The molecule has 4 aromatic rings. The highest BCUT2D eigenvalue weighted by atomic mass is 19.1. The first-order valence-corrected chi connectivity index (χ1v) is 19.3. The smallest absolute Gasteiger partial charge is 0.410 e. The molecule has 12 heteroatoms. The van der Waals surface area contributed by atoms with Crippen LogP contribution < -0.4 is 14.4 Å². The number of hydrogen-bond acceptors (Lipinski definition) is 9. The molecule has 3 aliphatic heterocycles. The van der Waals surface area contributed by atoms with Gasteiger partial charge >= 0.3 is 12.1 Å². The maximum atomic E-state index is 17.4. The number of hydrogen-bond donors (Lipinski definition) is 0. The molecule has 4 heterocycles. The number of piperidine rings is 1. The molecule has 3 saturated heterocycles. The average molecular weight is 754 g/mol. The summed E-state index contributed by atoms with van der Waals surface area (Å²) in [6.45, 7) is 8.06. The molecule has 1 aliphatic carbocycles. The minimum atomic E-state index is -0.618. The van der Waals surface area contributed by atoms with E-state index >= 15 is 8.78 Å². The Morgan fingerprint density at radius 3 is 2.49 bits per heavy atom. The number of piperazine rings is 1. The molecule has 2 unspecified atom stereocenters. The summed E-state index contributed by atoms with van der Waals surface area (Å²) < 4.78 is 55.9. The quantitative estimate of drug-likeness (QED) is 0.132. The number of nitrogens with zero attached hydrogens (tertiary/aromatic N) is 5. The Bertz CT molecular complexity index is 2170. The van der Waals surface area contributed by atoms with Gasteiger partial charge in [0.15, 0.2) is 12.6 Å². The number of anilines is 1. The summed E-state index contributed by atoms with van der Waals surface area (Å²) in [4.78, 5) is 29.6. The second kappa shape index (κ2) is 14.4. The van der Waals surface area contributed by atoms with Gasteiger partial charge in [-0.3, -0.25) is 4.90 Å². The van der Waals surface area contributed by atoms with Crippen molar-refractivity contribution in [3.05, 3.63) is 53.6 Å². The van der Waals surface area contributed by atoms with E-state index < -0.39 is 17.2 Å². The van der Waals surface area contributed by atoms with Crippen molar-refractivity contribution in [2.45, 2.75) is 89.4 Å². The van der Waals surface area contributed by atoms with E-state index in [2.05, 4.69) is 22.8 Å². The van der Waals surface area contributed by atoms with E-state index in [-0.39, 0.29) is 53.0 Å². The molecule has 290 valence electrons. The topological polar surface area (TPSA) is 89.5 Å². The first-order chi connectivity index (χ1) is 26.4. The van der Waals surface area contributed by atoms with Crippen LogP contribution in [0.15, 0.2) is 36.4 Å². The largest absolute Gasteiger partial charge is 0.468 e. The van der Waals surface area contributed by atoms with E-state index in [1.54, 1.807) is 30.3 Å². The third-order valence-electron chi connectivity index (χ3n) is 12.0. The number of fused-ring (bicyclic) bond motifs is 5. The van der Waals surface area contributed by atoms with Gasteiger partial charge in [0.2, 0.25) is 0 Å². The fourth-order valence-electron chi connectivity index (χ4n) is 9.69. The van der Waals surface area contributed by atoms with Crippen LogP contribution in [0.25, 0.3) is 32.8 Å². The van der Waals surface area contributed by atoms with Crippen LogP contribution in [0.4, 0.5) is 19.4 Å². The lowest BCUT2D eigenvalue weighted by atomic mass is 9.76. The zero-order chi connectivity index (χ0) is 38.6. The number of halogens is 2. The number of rotatable bonds is 8. The third kappa shape index (κ3) is 6.80. The van der Waals surface area contributed by atoms with Gasteiger partial charge in [0.05, 0.1) is 24.3 Å². The third-order valence-corrected chi connectivity index (χ3v) is 12.0. The van der Waals surface area contributed by atoms with Crippen molar-refractivity contribution < 1.29 is 32.5 Å². The van der Waals surface area contributed by atoms with Crippen LogP contribution in [-0.2, 0) is 9.47 Å². The summed E-state index contributed by atoms with van der Waals surface area (Å²) >= 11 is 0. The van der Waals surface area contributed by atoms with Crippen LogP contribution in [0, 0.1) is 29.4 Å². The molecule has 8 rings (SSSR count). The highest BCUT2D eigenvalue weighted by molar-refractivity contribution is 6.04. The standard InChI is InChI=1S/C43H49F2N5O5/c1-7-30-34(44)16-11-26-20-29(54-25-52-6)21-33(36(26)30)31-14-15-32-38(37(31)45)46-40(53-24-43-17-8-10-35(43)48(5)19-9-18-43)47-39(32)49-22-27-12-13-28(23-49)50(27)41(51)55-42(2,3)4/h1,11,14-16,20-21,27-28,35H,8-10,12-13,17-19,22-25H2,2-6H3/t27?,28?,35-,43-/m1/s1. The first-order valence-electron chi connectivity index (χ1n) is 19.3. The van der Waals surface area contributed by atoms with Gasteiger partial charge in [0.25, 0.3) is 0 Å². The summed E-state index contributed by atoms with van der Waals surface area (Å²) in [5.74, 6) is 2.24. The van der Waals surface area contributed by atoms with Crippen molar-refractivity contribution in [3.63, 3.8) is 0 Å². The lowest BCUT2D eigenvalue weighted by molar-refractivity contribution is 0.0119. The number of aromatic nitrogens is 2. The number of likely N-dealkylation sites (tertiary alicyclic amines) is 1. The van der Waals surface area contributed by atoms with Crippen LogP contribution >= 0.6 is 0 Å².